The summed E-state index contributed by atoms with van der Waals surface area (Å²) in [6.07, 6.45) is 0. The average Bonchev–Trinajstić information content (AvgIpc) is 2.90. The second kappa shape index (κ2) is 11.5. The van der Waals surface area contributed by atoms with Gasteiger partial charge in [0.2, 0.25) is 5.91 Å². The van der Waals surface area contributed by atoms with Crippen LogP contribution in [0.15, 0.2) is 94.7 Å². The van der Waals surface area contributed by atoms with Crippen molar-refractivity contribution in [2.45, 2.75) is 9.79 Å². The molecule has 0 aliphatic heterocycles. The number of halogens is 2. The monoisotopic (exact) mass is 565 g/mol. The number of ketones is 1. The summed E-state index contributed by atoms with van der Waals surface area (Å²) < 4.78 is 0. The molecule has 0 saturated heterocycles. The number of amides is 2. The lowest BCUT2D eigenvalue weighted by atomic mass is 9.97. The van der Waals surface area contributed by atoms with Crippen LogP contribution in [0.25, 0.3) is 0 Å². The number of benzene rings is 4. The third-order valence-corrected chi connectivity index (χ3v) is 7.15. The van der Waals surface area contributed by atoms with Crippen molar-refractivity contribution < 1.29 is 19.3 Å². The smallest absolute Gasteiger partial charge is 0.283 e. The lowest BCUT2D eigenvalue weighted by molar-refractivity contribution is -0.387. The highest BCUT2D eigenvalue weighted by molar-refractivity contribution is 7.99. The molecule has 4 aromatic rings. The Bertz CT molecular complexity index is 1610. The van der Waals surface area contributed by atoms with Crippen LogP contribution >= 0.6 is 35.0 Å². The number of carbonyl (C=O) groups excluding carboxylic acids is 3. The molecule has 2 amide bonds. The van der Waals surface area contributed by atoms with Gasteiger partial charge in [-0.3, -0.25) is 24.5 Å². The van der Waals surface area contributed by atoms with Crippen LogP contribution < -0.4 is 11.1 Å². The molecule has 0 saturated carbocycles. The van der Waals surface area contributed by atoms with Gasteiger partial charge in [0.05, 0.1) is 25.4 Å². The van der Waals surface area contributed by atoms with Gasteiger partial charge in [0.1, 0.15) is 0 Å². The van der Waals surface area contributed by atoms with Crippen molar-refractivity contribution in [1.29, 1.82) is 0 Å². The molecule has 0 fully saturated rings. The van der Waals surface area contributed by atoms with E-state index >= 15 is 0 Å². The molecule has 0 bridgehead atoms. The minimum absolute atomic E-state index is 0.0335. The van der Waals surface area contributed by atoms with E-state index in [1.807, 2.05) is 0 Å². The number of hydrogen-bond donors (Lipinski definition) is 2. The molecule has 190 valence electrons. The number of nitrogens with zero attached hydrogens (tertiary/aromatic N) is 1. The van der Waals surface area contributed by atoms with E-state index < -0.39 is 22.5 Å². The van der Waals surface area contributed by atoms with Gasteiger partial charge >= 0.3 is 0 Å². The maximum atomic E-state index is 13.4. The van der Waals surface area contributed by atoms with Crippen molar-refractivity contribution in [3.05, 3.63) is 127 Å². The fourth-order valence-corrected chi connectivity index (χ4v) is 4.84. The van der Waals surface area contributed by atoms with E-state index in [0.717, 1.165) is 11.8 Å². The minimum atomic E-state index is -0.654. The topological polar surface area (TPSA) is 132 Å². The number of rotatable bonds is 8. The summed E-state index contributed by atoms with van der Waals surface area (Å²) in [5.41, 5.74) is 5.67. The fraction of sp³-hybridized carbons (Fsp3) is 0. The highest BCUT2D eigenvalue weighted by Crippen LogP contribution is 2.38. The Morgan fingerprint density at radius 2 is 1.55 bits per heavy atom. The summed E-state index contributed by atoms with van der Waals surface area (Å²) in [4.78, 5) is 50.0. The Morgan fingerprint density at radius 1 is 0.816 bits per heavy atom. The minimum Gasteiger partial charge on any atom is -0.366 e. The molecule has 38 heavy (non-hydrogen) atoms. The van der Waals surface area contributed by atoms with Crippen LogP contribution in [-0.2, 0) is 0 Å². The van der Waals surface area contributed by atoms with Gasteiger partial charge in [-0.15, -0.1) is 0 Å². The van der Waals surface area contributed by atoms with Crippen LogP contribution in [0, 0.1) is 10.1 Å². The molecule has 11 heteroatoms. The van der Waals surface area contributed by atoms with Gasteiger partial charge in [0.15, 0.2) is 5.78 Å². The van der Waals surface area contributed by atoms with Crippen molar-refractivity contribution in [3.63, 3.8) is 0 Å². The zero-order valence-electron chi connectivity index (χ0n) is 19.3. The normalized spacial score (nSPS) is 10.6. The predicted molar refractivity (Wildman–Crippen MR) is 146 cm³/mol. The summed E-state index contributed by atoms with van der Waals surface area (Å²) in [5.74, 6) is -1.83. The summed E-state index contributed by atoms with van der Waals surface area (Å²) in [6.45, 7) is 0. The van der Waals surface area contributed by atoms with E-state index in [2.05, 4.69) is 5.32 Å². The number of nitro groups is 1. The quantitative estimate of drug-likeness (QED) is 0.140. The number of carbonyl (C=O) groups is 3. The number of nitrogens with one attached hydrogen (secondary N) is 1. The zero-order chi connectivity index (χ0) is 27.4. The van der Waals surface area contributed by atoms with Crippen molar-refractivity contribution in [2.24, 2.45) is 5.73 Å². The molecule has 0 unspecified atom stereocenters. The molecular weight excluding hydrogens is 549 g/mol. The largest absolute Gasteiger partial charge is 0.366 e. The molecule has 0 atom stereocenters. The summed E-state index contributed by atoms with van der Waals surface area (Å²) in [5, 5.41) is 15.1. The molecule has 4 rings (SSSR count). The molecule has 3 N–H and O–H groups in total. The van der Waals surface area contributed by atoms with Crippen LogP contribution in [0.2, 0.25) is 10.0 Å². The van der Waals surface area contributed by atoms with Crippen molar-refractivity contribution in [3.8, 4) is 0 Å². The molecule has 0 aromatic heterocycles. The van der Waals surface area contributed by atoms with E-state index in [1.54, 1.807) is 42.5 Å². The van der Waals surface area contributed by atoms with Crippen molar-refractivity contribution >= 4 is 63.9 Å². The molecule has 0 radical (unpaired) electrons. The molecule has 0 spiro atoms. The second-order valence-electron chi connectivity index (χ2n) is 7.89. The molecular formula is C27H17Cl2N3O5S. The highest BCUT2D eigenvalue weighted by atomic mass is 35.5. The van der Waals surface area contributed by atoms with E-state index in [9.17, 15) is 24.5 Å². The average molecular weight is 566 g/mol. The summed E-state index contributed by atoms with van der Waals surface area (Å²) >= 11 is 13.1. The number of hydrogen-bond acceptors (Lipinski definition) is 6. The maximum Gasteiger partial charge on any atom is 0.283 e. The molecule has 0 aliphatic carbocycles. The molecule has 0 aliphatic rings. The Labute approximate surface area is 230 Å². The van der Waals surface area contributed by atoms with Gasteiger partial charge in [-0.1, -0.05) is 59.2 Å². The lowest BCUT2D eigenvalue weighted by Crippen LogP contribution is -2.18. The van der Waals surface area contributed by atoms with Crippen LogP contribution in [0.4, 0.5) is 11.4 Å². The first-order chi connectivity index (χ1) is 18.1. The first-order valence-corrected chi connectivity index (χ1v) is 12.5. The summed E-state index contributed by atoms with van der Waals surface area (Å²) in [7, 11) is 0. The van der Waals surface area contributed by atoms with Gasteiger partial charge in [-0.2, -0.15) is 0 Å². The third kappa shape index (κ3) is 6.03. The van der Waals surface area contributed by atoms with Gasteiger partial charge in [-0.25, -0.2) is 0 Å². The Hall–Kier alpha value is -4.18. The first-order valence-electron chi connectivity index (χ1n) is 10.9. The first kappa shape index (κ1) is 26.9. The van der Waals surface area contributed by atoms with E-state index in [4.69, 9.17) is 28.9 Å². The Morgan fingerprint density at radius 3 is 2.24 bits per heavy atom. The van der Waals surface area contributed by atoms with E-state index in [0.29, 0.717) is 25.5 Å². The fourth-order valence-electron chi connectivity index (χ4n) is 3.54. The van der Waals surface area contributed by atoms with E-state index in [-0.39, 0.29) is 27.9 Å². The van der Waals surface area contributed by atoms with Gasteiger partial charge < -0.3 is 11.1 Å². The maximum absolute atomic E-state index is 13.4. The SMILES string of the molecule is NC(=O)c1cccc(NC(=O)c2ccccc2C(=O)c2ccc(Sc3ccc(Cl)c(Cl)c3)c([N+](=O)[O-])c2)c1. The van der Waals surface area contributed by atoms with Gasteiger partial charge in [0, 0.05) is 33.3 Å². The van der Waals surface area contributed by atoms with Crippen molar-refractivity contribution in [1.82, 2.24) is 0 Å². The van der Waals surface area contributed by atoms with E-state index in [1.165, 1.54) is 42.5 Å². The predicted octanol–water partition coefficient (Wildman–Crippen LogP) is 6.64. The zero-order valence-corrected chi connectivity index (χ0v) is 21.6. The molecule has 0 heterocycles. The van der Waals surface area contributed by atoms with Crippen molar-refractivity contribution in [2.75, 3.05) is 5.32 Å². The van der Waals surface area contributed by atoms with Gasteiger partial charge in [0.25, 0.3) is 11.6 Å². The number of nitrogens with two attached hydrogens (primary N) is 1. The summed E-state index contributed by atoms with van der Waals surface area (Å²) in [6, 6.07) is 21.1. The van der Waals surface area contributed by atoms with Crippen LogP contribution in [0.1, 0.15) is 36.6 Å². The van der Waals surface area contributed by atoms with Crippen LogP contribution in [0.5, 0.6) is 0 Å². The molecule has 8 nitrogen and oxygen atoms in total. The molecule has 4 aromatic carbocycles. The lowest BCUT2D eigenvalue weighted by Gasteiger charge is -2.11. The number of primary amides is 1. The van der Waals surface area contributed by atoms with Crippen LogP contribution in [-0.4, -0.2) is 22.5 Å². The highest BCUT2D eigenvalue weighted by Gasteiger charge is 2.23. The number of nitro benzene ring substituents is 1. The van der Waals surface area contributed by atoms with Crippen LogP contribution in [0.3, 0.4) is 0 Å². The Kier molecular flexibility index (Phi) is 8.11. The van der Waals surface area contributed by atoms with Gasteiger partial charge in [-0.05, 0) is 54.6 Å². The Balaban J connectivity index is 1.64. The third-order valence-electron chi connectivity index (χ3n) is 5.36. The standard InChI is InChI=1S/C27H17Cl2N3O5S/c28-21-10-9-18(14-22(21)29)38-24-11-8-15(13-23(24)32(36)37)25(33)19-6-1-2-7-20(19)27(35)31-17-5-3-4-16(12-17)26(30)34/h1-14H,(H2,30,34)(H,31,35). The number of anilines is 1. The second-order valence-corrected chi connectivity index (χ2v) is 9.82.